The Morgan fingerprint density at radius 1 is 1.00 bits per heavy atom. The lowest BCUT2D eigenvalue weighted by molar-refractivity contribution is 0.129. The molecule has 1 heterocycles. The van der Waals surface area contributed by atoms with Crippen LogP contribution in [0.3, 0.4) is 0 Å². The molecule has 130 valence electrons. The van der Waals surface area contributed by atoms with Crippen molar-refractivity contribution in [2.24, 2.45) is 11.1 Å². The Morgan fingerprint density at radius 2 is 1.77 bits per heavy atom. The highest BCUT2D eigenvalue weighted by atomic mass is 35.5. The second-order valence-electron chi connectivity index (χ2n) is 6.45. The van der Waals surface area contributed by atoms with E-state index in [0.29, 0.717) is 18.4 Å². The average Bonchev–Trinajstić information content (AvgIpc) is 3.49. The predicted molar refractivity (Wildman–Crippen MR) is 104 cm³/mol. The zero-order chi connectivity index (χ0) is 17.8. The summed E-state index contributed by atoms with van der Waals surface area (Å²) < 4.78 is 0. The fraction of sp³-hybridized carbons (Fsp3) is 0.182. The van der Waals surface area contributed by atoms with Crippen LogP contribution in [0, 0.1) is 5.92 Å². The maximum atomic E-state index is 5.92. The van der Waals surface area contributed by atoms with E-state index >= 15 is 0 Å². The van der Waals surface area contributed by atoms with E-state index in [0.717, 1.165) is 28.4 Å². The predicted octanol–water partition coefficient (Wildman–Crippen LogP) is 5.46. The third-order valence-corrected chi connectivity index (χ3v) is 4.86. The van der Waals surface area contributed by atoms with Crippen molar-refractivity contribution in [3.8, 4) is 0 Å². The van der Waals surface area contributed by atoms with Crippen molar-refractivity contribution >= 4 is 17.3 Å². The molecule has 0 saturated heterocycles. The first-order valence-electron chi connectivity index (χ1n) is 8.72. The summed E-state index contributed by atoms with van der Waals surface area (Å²) in [4.78, 5) is 10.1. The summed E-state index contributed by atoms with van der Waals surface area (Å²) in [7, 11) is 0. The van der Waals surface area contributed by atoms with Gasteiger partial charge in [0.05, 0.1) is 5.69 Å². The molecule has 2 atom stereocenters. The summed E-state index contributed by atoms with van der Waals surface area (Å²) in [5.74, 6) is 0.827. The summed E-state index contributed by atoms with van der Waals surface area (Å²) in [6, 6.07) is 24.1. The SMILES string of the molecule is Clc1ccc(CO/N=C(/c2ccccn2)[C@@H]2C[C@H]2c2ccccc2)cc1. The highest BCUT2D eigenvalue weighted by Crippen LogP contribution is 2.49. The molecule has 26 heavy (non-hydrogen) atoms. The van der Waals surface area contributed by atoms with Crippen molar-refractivity contribution in [3.63, 3.8) is 0 Å². The van der Waals surface area contributed by atoms with E-state index in [2.05, 4.69) is 34.4 Å². The molecule has 1 saturated carbocycles. The fourth-order valence-electron chi connectivity index (χ4n) is 3.14. The van der Waals surface area contributed by atoms with Gasteiger partial charge in [-0.15, -0.1) is 0 Å². The summed E-state index contributed by atoms with van der Waals surface area (Å²) in [6.07, 6.45) is 2.87. The van der Waals surface area contributed by atoms with Gasteiger partial charge in [-0.1, -0.05) is 65.3 Å². The Bertz CT molecular complexity index is 879. The van der Waals surface area contributed by atoms with Crippen molar-refractivity contribution < 1.29 is 4.84 Å². The minimum absolute atomic E-state index is 0.345. The van der Waals surface area contributed by atoms with Crippen LogP contribution in [-0.2, 0) is 11.4 Å². The van der Waals surface area contributed by atoms with E-state index in [1.807, 2.05) is 48.5 Å². The number of pyridine rings is 1. The molecule has 0 bridgehead atoms. The van der Waals surface area contributed by atoms with Crippen LogP contribution in [0.25, 0.3) is 0 Å². The normalized spacial score (nSPS) is 19.2. The maximum absolute atomic E-state index is 5.92. The van der Waals surface area contributed by atoms with Gasteiger partial charge in [-0.25, -0.2) is 0 Å². The molecule has 1 aliphatic rings. The largest absolute Gasteiger partial charge is 0.391 e. The lowest BCUT2D eigenvalue weighted by Crippen LogP contribution is -2.08. The molecule has 3 nitrogen and oxygen atoms in total. The molecule has 0 spiro atoms. The molecule has 4 heteroatoms. The minimum Gasteiger partial charge on any atom is -0.391 e. The van der Waals surface area contributed by atoms with Crippen LogP contribution in [0.1, 0.15) is 29.2 Å². The zero-order valence-corrected chi connectivity index (χ0v) is 15.0. The third-order valence-electron chi connectivity index (χ3n) is 4.60. The Balaban J connectivity index is 1.51. The standard InChI is InChI=1S/C22H19ClN2O/c23-18-11-9-16(10-12-18)15-26-25-22(21-8-4-5-13-24-21)20-14-19(20)17-6-2-1-3-7-17/h1-13,19-20H,14-15H2/b25-22+/t19-,20+/m0/s1. The van der Waals surface area contributed by atoms with Gasteiger partial charge in [0.1, 0.15) is 12.3 Å². The first-order valence-corrected chi connectivity index (χ1v) is 9.10. The second-order valence-corrected chi connectivity index (χ2v) is 6.89. The van der Waals surface area contributed by atoms with Gasteiger partial charge in [0, 0.05) is 17.1 Å². The molecule has 0 N–H and O–H groups in total. The monoisotopic (exact) mass is 362 g/mol. The highest BCUT2D eigenvalue weighted by Gasteiger charge is 2.43. The third kappa shape index (κ3) is 3.94. The number of rotatable bonds is 6. The number of benzene rings is 2. The van der Waals surface area contributed by atoms with Crippen molar-refractivity contribution in [1.82, 2.24) is 4.98 Å². The zero-order valence-electron chi connectivity index (χ0n) is 14.3. The molecule has 1 aliphatic carbocycles. The summed E-state index contributed by atoms with van der Waals surface area (Å²) in [5, 5.41) is 5.19. The molecule has 3 aromatic rings. The van der Waals surface area contributed by atoms with Gasteiger partial charge in [-0.2, -0.15) is 0 Å². The van der Waals surface area contributed by atoms with Gasteiger partial charge in [-0.05, 0) is 47.7 Å². The van der Waals surface area contributed by atoms with E-state index in [4.69, 9.17) is 16.4 Å². The van der Waals surface area contributed by atoms with Crippen molar-refractivity contribution in [2.45, 2.75) is 18.9 Å². The number of oxime groups is 1. The molecule has 0 radical (unpaired) electrons. The Kier molecular flexibility index (Phi) is 4.98. The van der Waals surface area contributed by atoms with Gasteiger partial charge < -0.3 is 4.84 Å². The molecule has 2 aromatic carbocycles. The van der Waals surface area contributed by atoms with Gasteiger partial charge >= 0.3 is 0 Å². The molecule has 4 rings (SSSR count). The molecule has 1 aromatic heterocycles. The van der Waals surface area contributed by atoms with Crippen LogP contribution >= 0.6 is 11.6 Å². The number of hydrogen-bond donors (Lipinski definition) is 0. The molecular formula is C22H19ClN2O. The number of halogens is 1. The smallest absolute Gasteiger partial charge is 0.142 e. The molecule has 0 unspecified atom stereocenters. The lowest BCUT2D eigenvalue weighted by Gasteiger charge is -2.07. The topological polar surface area (TPSA) is 34.5 Å². The quantitative estimate of drug-likeness (QED) is 0.431. The first-order chi connectivity index (χ1) is 12.8. The summed E-state index contributed by atoms with van der Waals surface area (Å²) in [6.45, 7) is 0.413. The van der Waals surface area contributed by atoms with E-state index in [1.165, 1.54) is 5.56 Å². The van der Waals surface area contributed by atoms with Gasteiger partial charge in [-0.3, -0.25) is 4.98 Å². The van der Waals surface area contributed by atoms with Gasteiger partial charge in [0.25, 0.3) is 0 Å². The van der Waals surface area contributed by atoms with Crippen LogP contribution in [-0.4, -0.2) is 10.7 Å². The van der Waals surface area contributed by atoms with Crippen LogP contribution in [0.5, 0.6) is 0 Å². The fourth-order valence-corrected chi connectivity index (χ4v) is 3.27. The Labute approximate surface area is 158 Å². The van der Waals surface area contributed by atoms with E-state index < -0.39 is 0 Å². The first kappa shape index (κ1) is 16.8. The van der Waals surface area contributed by atoms with E-state index in [1.54, 1.807) is 6.20 Å². The van der Waals surface area contributed by atoms with Crippen molar-refractivity contribution in [2.75, 3.05) is 0 Å². The number of aromatic nitrogens is 1. The molecule has 0 aliphatic heterocycles. The second kappa shape index (κ2) is 7.71. The number of nitrogens with zero attached hydrogens (tertiary/aromatic N) is 2. The van der Waals surface area contributed by atoms with Gasteiger partial charge in [0.2, 0.25) is 0 Å². The summed E-state index contributed by atoms with van der Waals surface area (Å²) in [5.41, 5.74) is 4.19. The highest BCUT2D eigenvalue weighted by molar-refractivity contribution is 6.30. The average molecular weight is 363 g/mol. The molecular weight excluding hydrogens is 344 g/mol. The van der Waals surface area contributed by atoms with Crippen molar-refractivity contribution in [3.05, 3.63) is 101 Å². The minimum atomic E-state index is 0.345. The van der Waals surface area contributed by atoms with Crippen LogP contribution in [0.2, 0.25) is 5.02 Å². The number of hydrogen-bond acceptors (Lipinski definition) is 3. The van der Waals surface area contributed by atoms with Gasteiger partial charge in [0.15, 0.2) is 0 Å². The van der Waals surface area contributed by atoms with Crippen LogP contribution in [0.15, 0.2) is 84.1 Å². The lowest BCUT2D eigenvalue weighted by atomic mass is 10.1. The summed E-state index contributed by atoms with van der Waals surface area (Å²) >= 11 is 5.92. The van der Waals surface area contributed by atoms with E-state index in [9.17, 15) is 0 Å². The van der Waals surface area contributed by atoms with Crippen LogP contribution < -0.4 is 0 Å². The Hall–Kier alpha value is -2.65. The van der Waals surface area contributed by atoms with E-state index in [-0.39, 0.29) is 0 Å². The molecule has 1 fully saturated rings. The Morgan fingerprint density at radius 3 is 2.50 bits per heavy atom. The maximum Gasteiger partial charge on any atom is 0.142 e. The van der Waals surface area contributed by atoms with Crippen molar-refractivity contribution in [1.29, 1.82) is 0 Å². The molecule has 0 amide bonds. The van der Waals surface area contributed by atoms with Crippen LogP contribution in [0.4, 0.5) is 0 Å².